The Morgan fingerprint density at radius 1 is 0.952 bits per heavy atom. The number of fused-ring (bicyclic) bond motifs is 3. The minimum absolute atomic E-state index is 0.791. The molecule has 3 rings (SSSR count). The Balaban J connectivity index is 2.15. The molecule has 0 saturated heterocycles. The van der Waals surface area contributed by atoms with Crippen molar-refractivity contribution in [2.24, 2.45) is 0 Å². The number of aryl methyl sites for hydroxylation is 1. The second-order valence-corrected chi connectivity index (χ2v) is 5.59. The average Bonchev–Trinajstić information content (AvgIpc) is 2.86. The molecule has 0 saturated carbocycles. The van der Waals surface area contributed by atoms with Crippen LogP contribution in [0.2, 0.25) is 0 Å². The number of unbranched alkanes of at least 4 members (excludes halogenated alkanes) is 3. The Hall–Kier alpha value is -2.09. The van der Waals surface area contributed by atoms with Gasteiger partial charge in [0.1, 0.15) is 0 Å². The first kappa shape index (κ1) is 13.9. The van der Waals surface area contributed by atoms with Crippen LogP contribution in [0.25, 0.3) is 21.8 Å². The molecule has 0 atom stereocenters. The van der Waals surface area contributed by atoms with E-state index in [2.05, 4.69) is 41.8 Å². The maximum absolute atomic E-state index is 11.4. The monoisotopic (exact) mass is 279 g/mol. The lowest BCUT2D eigenvalue weighted by molar-refractivity contribution is 0.112. The highest BCUT2D eigenvalue weighted by Crippen LogP contribution is 2.31. The molecule has 0 spiro atoms. The van der Waals surface area contributed by atoms with E-state index < -0.39 is 0 Å². The normalized spacial score (nSPS) is 11.3. The molecule has 0 unspecified atom stereocenters. The zero-order valence-electron chi connectivity index (χ0n) is 12.5. The molecule has 0 radical (unpaired) electrons. The summed E-state index contributed by atoms with van der Waals surface area (Å²) in [5, 5.41) is 2.43. The van der Waals surface area contributed by atoms with Gasteiger partial charge in [-0.2, -0.15) is 0 Å². The third-order valence-corrected chi connectivity index (χ3v) is 4.18. The number of rotatable bonds is 6. The Kier molecular flexibility index (Phi) is 4.05. The van der Waals surface area contributed by atoms with E-state index in [1.165, 1.54) is 35.6 Å². The van der Waals surface area contributed by atoms with E-state index in [-0.39, 0.29) is 0 Å². The summed E-state index contributed by atoms with van der Waals surface area (Å²) in [6, 6.07) is 14.4. The highest BCUT2D eigenvalue weighted by Gasteiger charge is 2.12. The van der Waals surface area contributed by atoms with Crippen LogP contribution in [0, 0.1) is 0 Å². The van der Waals surface area contributed by atoms with Crippen molar-refractivity contribution in [3.05, 3.63) is 48.0 Å². The Morgan fingerprint density at radius 3 is 2.57 bits per heavy atom. The van der Waals surface area contributed by atoms with Crippen LogP contribution in [0.5, 0.6) is 0 Å². The maximum Gasteiger partial charge on any atom is 0.152 e. The smallest absolute Gasteiger partial charge is 0.152 e. The van der Waals surface area contributed by atoms with E-state index in [9.17, 15) is 4.79 Å². The van der Waals surface area contributed by atoms with Gasteiger partial charge in [0.2, 0.25) is 0 Å². The molecule has 3 aromatic rings. The molecule has 21 heavy (non-hydrogen) atoms. The van der Waals surface area contributed by atoms with Crippen LogP contribution in [-0.2, 0) is 6.54 Å². The first-order valence-electron chi connectivity index (χ1n) is 7.82. The summed E-state index contributed by atoms with van der Waals surface area (Å²) < 4.78 is 2.32. The number of nitrogens with zero attached hydrogens (tertiary/aromatic N) is 1. The van der Waals surface area contributed by atoms with Crippen LogP contribution in [0.4, 0.5) is 0 Å². The average molecular weight is 279 g/mol. The van der Waals surface area contributed by atoms with E-state index >= 15 is 0 Å². The van der Waals surface area contributed by atoms with Gasteiger partial charge < -0.3 is 4.57 Å². The van der Waals surface area contributed by atoms with Crippen LogP contribution in [0.3, 0.4) is 0 Å². The zero-order valence-corrected chi connectivity index (χ0v) is 12.5. The predicted octanol–water partition coefficient (Wildman–Crippen LogP) is 5.19. The second kappa shape index (κ2) is 6.13. The molecule has 0 aliphatic rings. The zero-order chi connectivity index (χ0) is 14.7. The van der Waals surface area contributed by atoms with E-state index in [0.717, 1.165) is 30.3 Å². The molecule has 0 fully saturated rings. The summed E-state index contributed by atoms with van der Waals surface area (Å²) in [5.74, 6) is 0. The van der Waals surface area contributed by atoms with Gasteiger partial charge in [-0.25, -0.2) is 0 Å². The molecule has 0 amide bonds. The van der Waals surface area contributed by atoms with Crippen molar-refractivity contribution in [1.82, 2.24) is 4.57 Å². The van der Waals surface area contributed by atoms with Gasteiger partial charge >= 0.3 is 0 Å². The number of carbonyl (C=O) groups is 1. The molecule has 0 bridgehead atoms. The summed E-state index contributed by atoms with van der Waals surface area (Å²) in [4.78, 5) is 11.4. The van der Waals surface area contributed by atoms with Crippen molar-refractivity contribution in [3.63, 3.8) is 0 Å². The van der Waals surface area contributed by atoms with Gasteiger partial charge in [-0.1, -0.05) is 56.5 Å². The summed E-state index contributed by atoms with van der Waals surface area (Å²) >= 11 is 0. The molecule has 2 aromatic carbocycles. The fraction of sp³-hybridized carbons (Fsp3) is 0.316. The Bertz CT molecular complexity index is 770. The van der Waals surface area contributed by atoms with Gasteiger partial charge in [-0.15, -0.1) is 0 Å². The summed E-state index contributed by atoms with van der Waals surface area (Å²) in [6.45, 7) is 3.21. The highest BCUT2D eigenvalue weighted by molar-refractivity contribution is 6.12. The number of aldehydes is 1. The number of hydrogen-bond donors (Lipinski definition) is 0. The lowest BCUT2D eigenvalue weighted by Crippen LogP contribution is -1.99. The quantitative estimate of drug-likeness (QED) is 0.449. The van der Waals surface area contributed by atoms with E-state index in [0.29, 0.717) is 0 Å². The predicted molar refractivity (Wildman–Crippen MR) is 89.0 cm³/mol. The van der Waals surface area contributed by atoms with Crippen molar-refractivity contribution in [2.45, 2.75) is 39.2 Å². The number of benzene rings is 2. The lowest BCUT2D eigenvalue weighted by atomic mass is 10.1. The molecule has 2 nitrogen and oxygen atoms in total. The summed E-state index contributed by atoms with van der Waals surface area (Å²) in [7, 11) is 0. The van der Waals surface area contributed by atoms with Crippen LogP contribution < -0.4 is 0 Å². The second-order valence-electron chi connectivity index (χ2n) is 5.59. The maximum atomic E-state index is 11.4. The first-order valence-corrected chi connectivity index (χ1v) is 7.82. The summed E-state index contributed by atoms with van der Waals surface area (Å²) in [5.41, 5.74) is 3.11. The van der Waals surface area contributed by atoms with Crippen LogP contribution in [0.1, 0.15) is 43.0 Å². The van der Waals surface area contributed by atoms with Crippen molar-refractivity contribution in [1.29, 1.82) is 0 Å². The SMILES string of the molecule is CCCCCCn1c2ccccc2c2cccc(C=O)c21. The minimum Gasteiger partial charge on any atom is -0.340 e. The van der Waals surface area contributed by atoms with Crippen molar-refractivity contribution < 1.29 is 4.79 Å². The molecular weight excluding hydrogens is 258 g/mol. The Labute approximate surface area is 125 Å². The number of carbonyl (C=O) groups excluding carboxylic acids is 1. The molecule has 1 aromatic heterocycles. The molecule has 1 heterocycles. The van der Waals surface area contributed by atoms with Gasteiger partial charge in [0.15, 0.2) is 6.29 Å². The minimum atomic E-state index is 0.791. The van der Waals surface area contributed by atoms with Crippen LogP contribution in [0.15, 0.2) is 42.5 Å². The van der Waals surface area contributed by atoms with Crippen LogP contribution >= 0.6 is 0 Å². The molecule has 108 valence electrons. The van der Waals surface area contributed by atoms with Crippen molar-refractivity contribution in [2.75, 3.05) is 0 Å². The molecule has 2 heteroatoms. The van der Waals surface area contributed by atoms with Crippen LogP contribution in [-0.4, -0.2) is 10.9 Å². The lowest BCUT2D eigenvalue weighted by Gasteiger charge is -2.08. The number of para-hydroxylation sites is 2. The molecule has 0 aliphatic heterocycles. The molecule has 0 N–H and O–H groups in total. The highest BCUT2D eigenvalue weighted by atomic mass is 16.1. The van der Waals surface area contributed by atoms with Gasteiger partial charge in [0.25, 0.3) is 0 Å². The largest absolute Gasteiger partial charge is 0.340 e. The van der Waals surface area contributed by atoms with E-state index in [1.54, 1.807) is 0 Å². The third kappa shape index (κ3) is 2.46. The van der Waals surface area contributed by atoms with Crippen molar-refractivity contribution in [3.8, 4) is 0 Å². The number of hydrogen-bond acceptors (Lipinski definition) is 1. The van der Waals surface area contributed by atoms with Crippen molar-refractivity contribution >= 4 is 28.1 Å². The van der Waals surface area contributed by atoms with E-state index in [4.69, 9.17) is 0 Å². The Morgan fingerprint density at radius 2 is 1.76 bits per heavy atom. The van der Waals surface area contributed by atoms with Gasteiger partial charge in [0.05, 0.1) is 5.52 Å². The first-order chi connectivity index (χ1) is 10.4. The third-order valence-electron chi connectivity index (χ3n) is 4.18. The fourth-order valence-electron chi connectivity index (χ4n) is 3.16. The van der Waals surface area contributed by atoms with Gasteiger partial charge in [-0.3, -0.25) is 4.79 Å². The topological polar surface area (TPSA) is 22.0 Å². The fourth-order valence-corrected chi connectivity index (χ4v) is 3.16. The van der Waals surface area contributed by atoms with E-state index in [1.807, 2.05) is 12.1 Å². The van der Waals surface area contributed by atoms with Gasteiger partial charge in [-0.05, 0) is 18.6 Å². The molecule has 0 aliphatic carbocycles. The number of aromatic nitrogens is 1. The summed E-state index contributed by atoms with van der Waals surface area (Å²) in [6.07, 6.45) is 5.90. The van der Waals surface area contributed by atoms with Gasteiger partial charge in [0, 0.05) is 28.4 Å². The standard InChI is InChI=1S/C19H21NO/c1-2-3-4-7-13-20-18-12-6-5-10-16(18)17-11-8-9-15(14-21)19(17)20/h5-6,8-12,14H,2-4,7,13H2,1H3. The molecular formula is C19H21NO.